The van der Waals surface area contributed by atoms with Gasteiger partial charge in [-0.3, -0.25) is 4.79 Å². The number of fused-ring (bicyclic) bond motifs is 1. The molecule has 2 fully saturated rings. The molecule has 27 heavy (non-hydrogen) atoms. The van der Waals surface area contributed by atoms with Crippen molar-refractivity contribution in [2.75, 3.05) is 11.5 Å². The van der Waals surface area contributed by atoms with E-state index < -0.39 is 33.0 Å². The van der Waals surface area contributed by atoms with Crippen molar-refractivity contribution >= 4 is 15.7 Å². The normalized spacial score (nSPS) is 25.2. The van der Waals surface area contributed by atoms with E-state index in [2.05, 4.69) is 5.32 Å². The second-order valence-corrected chi connectivity index (χ2v) is 9.17. The molecule has 1 unspecified atom stereocenters. The topological polar surface area (TPSA) is 98.4 Å². The molecule has 1 aliphatic heterocycles. The minimum absolute atomic E-state index is 0.0162. The molecule has 10 heteroatoms. The lowest BCUT2D eigenvalue weighted by molar-refractivity contribution is -0.119. The second kappa shape index (κ2) is 6.01. The zero-order valence-electron chi connectivity index (χ0n) is 14.2. The highest BCUT2D eigenvalue weighted by molar-refractivity contribution is 7.91. The number of sulfone groups is 1. The Bertz CT molecular complexity index is 1060. The van der Waals surface area contributed by atoms with Crippen LogP contribution in [0.1, 0.15) is 18.4 Å². The molecule has 1 aliphatic carbocycles. The van der Waals surface area contributed by atoms with Gasteiger partial charge in [-0.05, 0) is 35.4 Å². The van der Waals surface area contributed by atoms with Crippen LogP contribution >= 0.6 is 0 Å². The quantitative estimate of drug-likeness (QED) is 0.836. The highest BCUT2D eigenvalue weighted by Gasteiger charge is 2.60. The predicted octanol–water partition coefficient (Wildman–Crippen LogP) is 1.24. The summed E-state index contributed by atoms with van der Waals surface area (Å²) in [5.74, 6) is -2.96. The zero-order chi connectivity index (χ0) is 19.5. The fourth-order valence-corrected chi connectivity index (χ4v) is 6.10. The van der Waals surface area contributed by atoms with Gasteiger partial charge in [0.05, 0.1) is 23.3 Å². The molecule has 1 saturated heterocycles. The van der Waals surface area contributed by atoms with E-state index in [0.717, 1.165) is 16.9 Å². The molecular weight excluding hydrogens is 382 g/mol. The summed E-state index contributed by atoms with van der Waals surface area (Å²) in [6, 6.07) is 2.10. The van der Waals surface area contributed by atoms with Crippen LogP contribution in [0.3, 0.4) is 0 Å². The van der Waals surface area contributed by atoms with Crippen LogP contribution in [0.4, 0.5) is 8.78 Å². The lowest BCUT2D eigenvalue weighted by Gasteiger charge is -2.09. The molecule has 0 spiro atoms. The van der Waals surface area contributed by atoms with Crippen molar-refractivity contribution in [2.45, 2.75) is 19.5 Å². The molecule has 2 heterocycles. The Balaban J connectivity index is 1.62. The summed E-state index contributed by atoms with van der Waals surface area (Å²) in [5, 5.41) is 2.43. The van der Waals surface area contributed by atoms with Crippen LogP contribution in [-0.2, 0) is 21.3 Å². The average molecular weight is 398 g/mol. The van der Waals surface area contributed by atoms with Crippen LogP contribution in [0.25, 0.3) is 11.1 Å². The molecule has 3 atom stereocenters. The molecule has 1 N–H and O–H groups in total. The Labute approximate surface area is 152 Å². The first-order chi connectivity index (χ1) is 12.7. The predicted molar refractivity (Wildman–Crippen MR) is 90.5 cm³/mol. The van der Waals surface area contributed by atoms with Gasteiger partial charge in [-0.1, -0.05) is 0 Å². The SMILES string of the molecule is CC(=O)NCn1cc(-c2cc(F)c(C3[C@H]4CS(=O)(=O)C[C@@H]34)c(F)c2)c(=O)o1. The molecule has 1 aromatic heterocycles. The monoisotopic (exact) mass is 398 g/mol. The van der Waals surface area contributed by atoms with E-state index in [4.69, 9.17) is 4.52 Å². The fourth-order valence-electron chi connectivity index (χ4n) is 3.88. The molecule has 2 aromatic rings. The molecular formula is C17H16F2N2O5S. The van der Waals surface area contributed by atoms with Gasteiger partial charge in [0, 0.05) is 12.5 Å². The largest absolute Gasteiger partial charge is 0.365 e. The van der Waals surface area contributed by atoms with Gasteiger partial charge in [0.15, 0.2) is 9.84 Å². The van der Waals surface area contributed by atoms with Crippen molar-refractivity contribution in [3.8, 4) is 11.1 Å². The molecule has 7 nitrogen and oxygen atoms in total. The number of benzene rings is 1. The van der Waals surface area contributed by atoms with Gasteiger partial charge in [0.25, 0.3) is 0 Å². The van der Waals surface area contributed by atoms with Crippen LogP contribution in [0.15, 0.2) is 27.6 Å². The van der Waals surface area contributed by atoms with Crippen molar-refractivity contribution in [3.05, 3.63) is 45.9 Å². The molecule has 144 valence electrons. The third-order valence-electron chi connectivity index (χ3n) is 5.12. The van der Waals surface area contributed by atoms with E-state index in [0.29, 0.717) is 0 Å². The first-order valence-electron chi connectivity index (χ1n) is 8.31. The van der Waals surface area contributed by atoms with Crippen LogP contribution in [0.5, 0.6) is 0 Å². The smallest absolute Gasteiger partial charge is 0.336 e. The number of nitrogens with zero attached hydrogens (tertiary/aromatic N) is 1. The Morgan fingerprint density at radius 3 is 2.41 bits per heavy atom. The summed E-state index contributed by atoms with van der Waals surface area (Å²) in [4.78, 5) is 22.9. The van der Waals surface area contributed by atoms with E-state index in [1.807, 2.05) is 0 Å². The van der Waals surface area contributed by atoms with Gasteiger partial charge in [0.2, 0.25) is 5.91 Å². The standard InChI is InChI=1S/C17H16F2N2O5S/c1-8(22)20-7-21-4-10(17(23)26-21)9-2-13(18)16(14(19)3-9)15-11-5-27(24,25)6-12(11)15/h2-4,11-12,15H,5-7H2,1H3,(H,20,22)/t11-,12+,15?. The van der Waals surface area contributed by atoms with E-state index in [1.165, 1.54) is 13.1 Å². The third kappa shape index (κ3) is 3.18. The number of hydrogen-bond donors (Lipinski definition) is 1. The van der Waals surface area contributed by atoms with Gasteiger partial charge in [-0.2, -0.15) is 4.74 Å². The molecule has 1 amide bonds. The number of amides is 1. The summed E-state index contributed by atoms with van der Waals surface area (Å²) >= 11 is 0. The second-order valence-electron chi connectivity index (χ2n) is 7.01. The summed E-state index contributed by atoms with van der Waals surface area (Å²) in [6.07, 6.45) is 1.25. The summed E-state index contributed by atoms with van der Waals surface area (Å²) < 4.78 is 58.2. The van der Waals surface area contributed by atoms with Gasteiger partial charge in [0.1, 0.15) is 18.3 Å². The Morgan fingerprint density at radius 1 is 1.26 bits per heavy atom. The number of aromatic nitrogens is 1. The minimum atomic E-state index is -3.11. The lowest BCUT2D eigenvalue weighted by atomic mass is 10.0. The Kier molecular flexibility index (Phi) is 3.99. The summed E-state index contributed by atoms with van der Waals surface area (Å²) in [5.41, 5.74) is -0.933. The van der Waals surface area contributed by atoms with Gasteiger partial charge >= 0.3 is 5.63 Å². The van der Waals surface area contributed by atoms with Crippen molar-refractivity contribution < 1.29 is 26.5 Å². The molecule has 4 rings (SSSR count). The average Bonchev–Trinajstić information content (AvgIpc) is 2.90. The summed E-state index contributed by atoms with van der Waals surface area (Å²) in [6.45, 7) is 1.21. The molecule has 1 saturated carbocycles. The highest BCUT2D eigenvalue weighted by atomic mass is 32.2. The van der Waals surface area contributed by atoms with E-state index in [9.17, 15) is 26.8 Å². The van der Waals surface area contributed by atoms with Crippen LogP contribution in [0, 0.1) is 23.5 Å². The zero-order valence-corrected chi connectivity index (χ0v) is 15.1. The number of carbonyl (C=O) groups excluding carboxylic acids is 1. The maximum absolute atomic E-state index is 14.6. The minimum Gasteiger partial charge on any atom is -0.336 e. The van der Waals surface area contributed by atoms with Crippen molar-refractivity contribution in [2.24, 2.45) is 11.8 Å². The van der Waals surface area contributed by atoms with Gasteiger partial charge < -0.3 is 9.84 Å². The molecule has 0 bridgehead atoms. The van der Waals surface area contributed by atoms with E-state index in [-0.39, 0.29) is 52.6 Å². The lowest BCUT2D eigenvalue weighted by Crippen LogP contribution is -2.22. The molecule has 1 aromatic carbocycles. The van der Waals surface area contributed by atoms with Crippen molar-refractivity contribution in [1.82, 2.24) is 10.1 Å². The van der Waals surface area contributed by atoms with Gasteiger partial charge in [-0.15, -0.1) is 0 Å². The fraction of sp³-hybridized carbons (Fsp3) is 0.412. The van der Waals surface area contributed by atoms with E-state index >= 15 is 0 Å². The number of carbonyl (C=O) groups is 1. The van der Waals surface area contributed by atoms with Crippen LogP contribution < -0.4 is 10.9 Å². The number of hydrogen-bond acceptors (Lipinski definition) is 5. The third-order valence-corrected chi connectivity index (χ3v) is 6.91. The number of rotatable bonds is 4. The van der Waals surface area contributed by atoms with Crippen molar-refractivity contribution in [1.29, 1.82) is 0 Å². The maximum atomic E-state index is 14.6. The molecule has 0 radical (unpaired) electrons. The molecule has 2 aliphatic rings. The Hall–Kier alpha value is -2.49. The summed E-state index contributed by atoms with van der Waals surface area (Å²) in [7, 11) is -3.11. The Morgan fingerprint density at radius 2 is 1.85 bits per heavy atom. The highest BCUT2D eigenvalue weighted by Crippen LogP contribution is 2.60. The maximum Gasteiger partial charge on any atom is 0.365 e. The first-order valence-corrected chi connectivity index (χ1v) is 10.1. The first kappa shape index (κ1) is 17.9. The van der Waals surface area contributed by atoms with Crippen LogP contribution in [-0.4, -0.2) is 30.6 Å². The number of nitrogens with one attached hydrogen (secondary N) is 1. The van der Waals surface area contributed by atoms with Crippen molar-refractivity contribution in [3.63, 3.8) is 0 Å². The van der Waals surface area contributed by atoms with Gasteiger partial charge in [-0.25, -0.2) is 22.0 Å². The van der Waals surface area contributed by atoms with Crippen LogP contribution in [0.2, 0.25) is 0 Å². The van der Waals surface area contributed by atoms with E-state index in [1.54, 1.807) is 0 Å². The number of halogens is 2.